The van der Waals surface area contributed by atoms with E-state index in [9.17, 15) is 18.0 Å². The first-order valence-corrected chi connectivity index (χ1v) is 11.6. The second-order valence-electron chi connectivity index (χ2n) is 6.69. The Balaban J connectivity index is 2.24. The van der Waals surface area contributed by atoms with Gasteiger partial charge in [0.05, 0.1) is 15.5 Å². The standard InChI is InChI=1S/C22H26ClNO5S/c1-5-16-8-10-17(11-9-16)21(25)15(4)29-22(26)19-14-18(12-13-20(19)23)30(27,28)24(6-2)7-3/h8-15H,5-7H2,1-4H3. The van der Waals surface area contributed by atoms with Gasteiger partial charge in [0, 0.05) is 18.7 Å². The molecule has 0 amide bonds. The molecule has 0 aromatic heterocycles. The molecule has 0 N–H and O–H groups in total. The second kappa shape index (κ2) is 10.2. The molecule has 0 saturated carbocycles. The minimum atomic E-state index is -3.77. The number of nitrogens with zero attached hydrogens (tertiary/aromatic N) is 1. The number of sulfonamides is 1. The van der Waals surface area contributed by atoms with E-state index in [-0.39, 0.29) is 21.3 Å². The summed E-state index contributed by atoms with van der Waals surface area (Å²) in [5, 5.41) is 0.0467. The molecular formula is C22H26ClNO5S. The monoisotopic (exact) mass is 451 g/mol. The van der Waals surface area contributed by atoms with Crippen molar-refractivity contribution in [3.8, 4) is 0 Å². The molecule has 0 bridgehead atoms. The predicted octanol–water partition coefficient (Wildman–Crippen LogP) is 4.36. The quantitative estimate of drug-likeness (QED) is 0.418. The smallest absolute Gasteiger partial charge is 0.340 e. The molecule has 6 nitrogen and oxygen atoms in total. The summed E-state index contributed by atoms with van der Waals surface area (Å²) in [4.78, 5) is 25.2. The number of benzene rings is 2. The van der Waals surface area contributed by atoms with E-state index in [1.807, 2.05) is 19.1 Å². The van der Waals surface area contributed by atoms with Crippen molar-refractivity contribution >= 4 is 33.4 Å². The van der Waals surface area contributed by atoms with Crippen LogP contribution < -0.4 is 0 Å². The molecule has 0 heterocycles. The van der Waals surface area contributed by atoms with Crippen molar-refractivity contribution < 1.29 is 22.7 Å². The van der Waals surface area contributed by atoms with Crippen LogP contribution in [0.1, 0.15) is 54.0 Å². The zero-order chi connectivity index (χ0) is 22.5. The summed E-state index contributed by atoms with van der Waals surface area (Å²) in [6, 6.07) is 10.9. The highest BCUT2D eigenvalue weighted by Gasteiger charge is 2.26. The van der Waals surface area contributed by atoms with Gasteiger partial charge in [0.2, 0.25) is 15.8 Å². The lowest BCUT2D eigenvalue weighted by Crippen LogP contribution is -2.31. The van der Waals surface area contributed by atoms with Crippen molar-refractivity contribution in [2.24, 2.45) is 0 Å². The van der Waals surface area contributed by atoms with Crippen molar-refractivity contribution in [2.75, 3.05) is 13.1 Å². The third-order valence-electron chi connectivity index (χ3n) is 4.80. The summed E-state index contributed by atoms with van der Waals surface area (Å²) in [5.74, 6) is -1.21. The fourth-order valence-electron chi connectivity index (χ4n) is 2.95. The van der Waals surface area contributed by atoms with Crippen LogP contribution in [-0.2, 0) is 21.2 Å². The largest absolute Gasteiger partial charge is 0.451 e. The predicted molar refractivity (Wildman–Crippen MR) is 117 cm³/mol. The molecule has 0 saturated heterocycles. The van der Waals surface area contributed by atoms with Crippen LogP contribution in [-0.4, -0.2) is 43.7 Å². The maximum Gasteiger partial charge on any atom is 0.340 e. The van der Waals surface area contributed by atoms with Gasteiger partial charge in [-0.2, -0.15) is 4.31 Å². The van der Waals surface area contributed by atoms with Gasteiger partial charge in [-0.15, -0.1) is 0 Å². The van der Waals surface area contributed by atoms with Gasteiger partial charge in [-0.05, 0) is 37.1 Å². The Labute approximate surface area is 182 Å². The number of ketones is 1. The molecular weight excluding hydrogens is 426 g/mol. The number of esters is 1. The van der Waals surface area contributed by atoms with E-state index < -0.39 is 22.1 Å². The number of aryl methyl sites for hydroxylation is 1. The van der Waals surface area contributed by atoms with Crippen molar-refractivity contribution in [1.29, 1.82) is 0 Å². The SMILES string of the molecule is CCc1ccc(C(=O)C(C)OC(=O)c2cc(S(=O)(=O)N(CC)CC)ccc2Cl)cc1. The maximum atomic E-state index is 12.7. The normalized spacial score (nSPS) is 12.6. The first kappa shape index (κ1) is 24.1. The molecule has 0 radical (unpaired) electrons. The van der Waals surface area contributed by atoms with E-state index in [4.69, 9.17) is 16.3 Å². The molecule has 1 unspecified atom stereocenters. The van der Waals surface area contributed by atoms with Crippen LogP contribution in [0.5, 0.6) is 0 Å². The summed E-state index contributed by atoms with van der Waals surface area (Å²) < 4.78 is 32.0. The van der Waals surface area contributed by atoms with Crippen molar-refractivity contribution in [3.05, 3.63) is 64.2 Å². The van der Waals surface area contributed by atoms with Gasteiger partial charge < -0.3 is 4.74 Å². The van der Waals surface area contributed by atoms with Gasteiger partial charge in [-0.25, -0.2) is 13.2 Å². The summed E-state index contributed by atoms with van der Waals surface area (Å²) in [6.07, 6.45) is -0.200. The molecule has 2 aromatic carbocycles. The molecule has 162 valence electrons. The summed E-state index contributed by atoms with van der Waals surface area (Å²) in [5.41, 5.74) is 1.41. The highest BCUT2D eigenvalue weighted by atomic mass is 35.5. The van der Waals surface area contributed by atoms with Crippen molar-refractivity contribution in [3.63, 3.8) is 0 Å². The van der Waals surface area contributed by atoms with Crippen molar-refractivity contribution in [1.82, 2.24) is 4.31 Å². The molecule has 0 spiro atoms. The van der Waals surface area contributed by atoms with Crippen LogP contribution in [0, 0.1) is 0 Å². The van der Waals surface area contributed by atoms with Gasteiger partial charge in [-0.1, -0.05) is 56.6 Å². The molecule has 2 aromatic rings. The van der Waals surface area contributed by atoms with E-state index in [0.717, 1.165) is 12.0 Å². The van der Waals surface area contributed by atoms with Gasteiger partial charge in [-0.3, -0.25) is 4.79 Å². The van der Waals surface area contributed by atoms with Crippen LogP contribution in [0.3, 0.4) is 0 Å². The van der Waals surface area contributed by atoms with Crippen LogP contribution in [0.15, 0.2) is 47.4 Å². The van der Waals surface area contributed by atoms with E-state index in [1.165, 1.54) is 29.4 Å². The maximum absolute atomic E-state index is 12.7. The minimum absolute atomic E-state index is 0.0467. The number of rotatable bonds is 9. The summed E-state index contributed by atoms with van der Waals surface area (Å²) in [7, 11) is -3.77. The van der Waals surface area contributed by atoms with Crippen LogP contribution in [0.2, 0.25) is 5.02 Å². The van der Waals surface area contributed by atoms with E-state index in [2.05, 4.69) is 0 Å². The average Bonchev–Trinajstić information content (AvgIpc) is 2.73. The lowest BCUT2D eigenvalue weighted by atomic mass is 10.0. The topological polar surface area (TPSA) is 80.8 Å². The summed E-state index contributed by atoms with van der Waals surface area (Å²) in [6.45, 7) is 7.53. The molecule has 1 atom stereocenters. The lowest BCUT2D eigenvalue weighted by molar-refractivity contribution is 0.0318. The first-order chi connectivity index (χ1) is 14.1. The van der Waals surface area contributed by atoms with Gasteiger partial charge in [0.1, 0.15) is 0 Å². The van der Waals surface area contributed by atoms with E-state index >= 15 is 0 Å². The Bertz CT molecular complexity index is 1010. The Morgan fingerprint density at radius 3 is 2.17 bits per heavy atom. The van der Waals surface area contributed by atoms with Crippen molar-refractivity contribution in [2.45, 2.75) is 45.1 Å². The molecule has 30 heavy (non-hydrogen) atoms. The molecule has 2 rings (SSSR count). The van der Waals surface area contributed by atoms with E-state index in [1.54, 1.807) is 26.0 Å². The average molecular weight is 452 g/mol. The minimum Gasteiger partial charge on any atom is -0.451 e. The second-order valence-corrected chi connectivity index (χ2v) is 9.04. The third-order valence-corrected chi connectivity index (χ3v) is 7.18. The lowest BCUT2D eigenvalue weighted by Gasteiger charge is -2.19. The molecule has 0 fully saturated rings. The van der Waals surface area contributed by atoms with Gasteiger partial charge in [0.15, 0.2) is 6.10 Å². The van der Waals surface area contributed by atoms with Gasteiger partial charge >= 0.3 is 5.97 Å². The molecule has 0 aliphatic rings. The third kappa shape index (κ3) is 5.28. The number of ether oxygens (including phenoxy) is 1. The Hall–Kier alpha value is -2.22. The first-order valence-electron chi connectivity index (χ1n) is 9.79. The number of carbonyl (C=O) groups excluding carboxylic acids is 2. The van der Waals surface area contributed by atoms with Crippen LogP contribution >= 0.6 is 11.6 Å². The highest BCUT2D eigenvalue weighted by Crippen LogP contribution is 2.24. The Morgan fingerprint density at radius 1 is 1.03 bits per heavy atom. The fraction of sp³-hybridized carbons (Fsp3) is 0.364. The zero-order valence-corrected chi connectivity index (χ0v) is 19.1. The number of carbonyl (C=O) groups is 2. The highest BCUT2D eigenvalue weighted by molar-refractivity contribution is 7.89. The number of hydrogen-bond acceptors (Lipinski definition) is 5. The number of Topliss-reactive ketones (excluding diaryl/α,β-unsaturated/α-hetero) is 1. The fourth-order valence-corrected chi connectivity index (χ4v) is 4.63. The molecule has 0 aliphatic carbocycles. The Morgan fingerprint density at radius 2 is 1.63 bits per heavy atom. The van der Waals surface area contributed by atoms with Crippen LogP contribution in [0.25, 0.3) is 0 Å². The summed E-state index contributed by atoms with van der Waals surface area (Å²) >= 11 is 6.11. The molecule has 8 heteroatoms. The number of hydrogen-bond donors (Lipinski definition) is 0. The number of halogens is 1. The van der Waals surface area contributed by atoms with Gasteiger partial charge in [0.25, 0.3) is 0 Å². The molecule has 0 aliphatic heterocycles. The zero-order valence-electron chi connectivity index (χ0n) is 17.5. The van der Waals surface area contributed by atoms with Crippen LogP contribution in [0.4, 0.5) is 0 Å². The van der Waals surface area contributed by atoms with E-state index in [0.29, 0.717) is 18.7 Å². The Kier molecular flexibility index (Phi) is 8.18.